The molecule has 0 radical (unpaired) electrons. The van der Waals surface area contributed by atoms with Crippen molar-refractivity contribution in [2.45, 2.75) is 38.1 Å². The minimum atomic E-state index is -0.913. The van der Waals surface area contributed by atoms with E-state index in [1.165, 1.54) is 4.90 Å². The molecule has 6 nitrogen and oxygen atoms in total. The molecule has 104 valence electrons. The smallest absolute Gasteiger partial charge is 0.320 e. The Labute approximate surface area is 107 Å². The number of carboxylic acid groups (broad SMARTS) is 1. The van der Waals surface area contributed by atoms with Gasteiger partial charge in [0.1, 0.15) is 0 Å². The molecule has 1 fully saturated rings. The number of hydrogen-bond acceptors (Lipinski definition) is 3. The average Bonchev–Trinajstić information content (AvgIpc) is 2.59. The molecule has 0 bridgehead atoms. The molecule has 1 aliphatic rings. The van der Waals surface area contributed by atoms with E-state index in [0.29, 0.717) is 6.54 Å². The zero-order chi connectivity index (χ0) is 13.5. The minimum Gasteiger partial charge on any atom is -0.481 e. The Morgan fingerprint density at radius 3 is 2.67 bits per heavy atom. The second-order valence-electron chi connectivity index (χ2n) is 4.73. The number of hydrogen-bond donors (Lipinski definition) is 2. The van der Waals surface area contributed by atoms with Gasteiger partial charge in [0.2, 0.25) is 0 Å². The van der Waals surface area contributed by atoms with Crippen LogP contribution in [0.2, 0.25) is 0 Å². The van der Waals surface area contributed by atoms with Crippen LogP contribution in [0.25, 0.3) is 0 Å². The zero-order valence-electron chi connectivity index (χ0n) is 10.8. The van der Waals surface area contributed by atoms with Crippen LogP contribution in [-0.4, -0.2) is 64.8 Å². The van der Waals surface area contributed by atoms with Gasteiger partial charge in [0, 0.05) is 20.1 Å². The Hall–Kier alpha value is -1.30. The second-order valence-corrected chi connectivity index (χ2v) is 4.73. The summed E-state index contributed by atoms with van der Waals surface area (Å²) in [6.45, 7) is 0.808. The van der Waals surface area contributed by atoms with E-state index in [9.17, 15) is 14.7 Å². The summed E-state index contributed by atoms with van der Waals surface area (Å²) < 4.78 is 0. The number of aliphatic carboxylic acids is 1. The first-order valence-electron chi connectivity index (χ1n) is 6.40. The van der Waals surface area contributed by atoms with Crippen LogP contribution in [-0.2, 0) is 4.79 Å². The van der Waals surface area contributed by atoms with E-state index in [0.717, 1.165) is 25.7 Å². The summed E-state index contributed by atoms with van der Waals surface area (Å²) in [6, 6.07) is -0.315. The summed E-state index contributed by atoms with van der Waals surface area (Å²) in [5, 5.41) is 17.9. The molecule has 0 aromatic carbocycles. The van der Waals surface area contributed by atoms with Crippen molar-refractivity contribution in [1.82, 2.24) is 9.80 Å². The second kappa shape index (κ2) is 7.20. The van der Waals surface area contributed by atoms with Gasteiger partial charge in [0.25, 0.3) is 0 Å². The molecule has 1 saturated heterocycles. The Balaban J connectivity index is 2.58. The average molecular weight is 258 g/mol. The predicted molar refractivity (Wildman–Crippen MR) is 66.3 cm³/mol. The van der Waals surface area contributed by atoms with Gasteiger partial charge in [-0.25, -0.2) is 4.79 Å². The van der Waals surface area contributed by atoms with E-state index in [-0.39, 0.29) is 31.6 Å². The van der Waals surface area contributed by atoms with E-state index in [1.54, 1.807) is 11.9 Å². The van der Waals surface area contributed by atoms with E-state index in [4.69, 9.17) is 5.11 Å². The summed E-state index contributed by atoms with van der Waals surface area (Å²) in [4.78, 5) is 25.8. The lowest BCUT2D eigenvalue weighted by atomic mass is 10.1. The van der Waals surface area contributed by atoms with Crippen LogP contribution in [0.3, 0.4) is 0 Å². The molecule has 1 unspecified atom stereocenters. The maximum atomic E-state index is 12.2. The third-order valence-corrected chi connectivity index (χ3v) is 3.32. The first kappa shape index (κ1) is 14.8. The summed E-state index contributed by atoms with van der Waals surface area (Å²) in [5.74, 6) is -0.913. The van der Waals surface area contributed by atoms with E-state index in [2.05, 4.69) is 0 Å². The van der Waals surface area contributed by atoms with E-state index < -0.39 is 5.97 Å². The number of aliphatic hydroxyl groups is 1. The molecule has 0 aliphatic carbocycles. The van der Waals surface area contributed by atoms with E-state index in [1.807, 2.05) is 0 Å². The fourth-order valence-electron chi connectivity index (χ4n) is 2.20. The van der Waals surface area contributed by atoms with Crippen molar-refractivity contribution in [2.75, 3.05) is 26.7 Å². The van der Waals surface area contributed by atoms with Gasteiger partial charge in [0.05, 0.1) is 19.1 Å². The number of aliphatic hydroxyl groups excluding tert-OH is 1. The summed E-state index contributed by atoms with van der Waals surface area (Å²) in [7, 11) is 1.60. The van der Waals surface area contributed by atoms with Crippen LogP contribution in [0.4, 0.5) is 4.79 Å². The normalized spacial score (nSPS) is 20.3. The lowest BCUT2D eigenvalue weighted by molar-refractivity contribution is -0.137. The summed E-state index contributed by atoms with van der Waals surface area (Å²) in [6.07, 6.45) is 3.79. The molecular weight excluding hydrogens is 236 g/mol. The number of carbonyl (C=O) groups excluding carboxylic acids is 1. The lowest BCUT2D eigenvalue weighted by Crippen LogP contribution is -2.48. The van der Waals surface area contributed by atoms with Crippen molar-refractivity contribution >= 4 is 12.0 Å². The molecule has 18 heavy (non-hydrogen) atoms. The third kappa shape index (κ3) is 4.18. The highest BCUT2D eigenvalue weighted by atomic mass is 16.4. The van der Waals surface area contributed by atoms with Gasteiger partial charge in [-0.2, -0.15) is 0 Å². The molecule has 6 heteroatoms. The minimum absolute atomic E-state index is 0.0293. The fourth-order valence-corrected chi connectivity index (χ4v) is 2.20. The van der Waals surface area contributed by atoms with Crippen molar-refractivity contribution < 1.29 is 19.8 Å². The summed E-state index contributed by atoms with van der Waals surface area (Å²) in [5.41, 5.74) is 0. The van der Waals surface area contributed by atoms with Crippen molar-refractivity contribution in [1.29, 1.82) is 0 Å². The van der Waals surface area contributed by atoms with Crippen LogP contribution in [0.15, 0.2) is 0 Å². The van der Waals surface area contributed by atoms with Gasteiger partial charge >= 0.3 is 12.0 Å². The number of urea groups is 1. The Kier molecular flexibility index (Phi) is 5.91. The number of carboxylic acids is 1. The molecule has 1 heterocycles. The molecule has 0 aromatic rings. The van der Waals surface area contributed by atoms with Gasteiger partial charge in [-0.05, 0) is 12.8 Å². The molecule has 0 saturated carbocycles. The zero-order valence-corrected chi connectivity index (χ0v) is 10.8. The maximum absolute atomic E-state index is 12.2. The molecule has 0 spiro atoms. The number of likely N-dealkylation sites (tertiary alicyclic amines) is 1. The Bertz CT molecular complexity index is 296. The highest BCUT2D eigenvalue weighted by Gasteiger charge is 2.27. The molecular formula is C12H22N2O4. The van der Waals surface area contributed by atoms with Crippen molar-refractivity contribution in [2.24, 2.45) is 0 Å². The first-order chi connectivity index (χ1) is 8.56. The Morgan fingerprint density at radius 1 is 1.33 bits per heavy atom. The SMILES string of the molecule is CN(CCC(=O)O)C(=O)N1CCCCCC1CO. The number of rotatable bonds is 4. The molecule has 1 rings (SSSR count). The van der Waals surface area contributed by atoms with Crippen molar-refractivity contribution in [3.8, 4) is 0 Å². The third-order valence-electron chi connectivity index (χ3n) is 3.32. The molecule has 1 aliphatic heterocycles. The monoisotopic (exact) mass is 258 g/mol. The highest BCUT2D eigenvalue weighted by Crippen LogP contribution is 2.17. The van der Waals surface area contributed by atoms with Gasteiger partial charge in [-0.1, -0.05) is 12.8 Å². The van der Waals surface area contributed by atoms with Crippen LogP contribution in [0.1, 0.15) is 32.1 Å². The number of nitrogens with zero attached hydrogens (tertiary/aromatic N) is 2. The largest absolute Gasteiger partial charge is 0.481 e. The quantitative estimate of drug-likeness (QED) is 0.779. The topological polar surface area (TPSA) is 81.1 Å². The molecule has 1 atom stereocenters. The fraction of sp³-hybridized carbons (Fsp3) is 0.833. The Morgan fingerprint density at radius 2 is 2.06 bits per heavy atom. The highest BCUT2D eigenvalue weighted by molar-refractivity contribution is 5.75. The van der Waals surface area contributed by atoms with Crippen LogP contribution in [0, 0.1) is 0 Å². The van der Waals surface area contributed by atoms with Crippen molar-refractivity contribution in [3.63, 3.8) is 0 Å². The predicted octanol–water partition coefficient (Wildman–Crippen LogP) is 0.750. The summed E-state index contributed by atoms with van der Waals surface area (Å²) >= 11 is 0. The van der Waals surface area contributed by atoms with Crippen LogP contribution < -0.4 is 0 Å². The maximum Gasteiger partial charge on any atom is 0.320 e. The van der Waals surface area contributed by atoms with Gasteiger partial charge < -0.3 is 20.0 Å². The van der Waals surface area contributed by atoms with Gasteiger partial charge in [0.15, 0.2) is 0 Å². The molecule has 2 N–H and O–H groups in total. The van der Waals surface area contributed by atoms with Crippen LogP contribution >= 0.6 is 0 Å². The lowest BCUT2D eigenvalue weighted by Gasteiger charge is -2.32. The first-order valence-corrected chi connectivity index (χ1v) is 6.40. The molecule has 2 amide bonds. The number of amides is 2. The van der Waals surface area contributed by atoms with Crippen LogP contribution in [0.5, 0.6) is 0 Å². The van der Waals surface area contributed by atoms with Crippen molar-refractivity contribution in [3.05, 3.63) is 0 Å². The standard InChI is InChI=1S/C12H22N2O4/c1-13(8-6-11(16)17)12(18)14-7-4-2-3-5-10(14)9-15/h10,15H,2-9H2,1H3,(H,16,17). The molecule has 0 aromatic heterocycles. The number of carbonyl (C=O) groups is 2. The van der Waals surface area contributed by atoms with E-state index >= 15 is 0 Å². The van der Waals surface area contributed by atoms with Gasteiger partial charge in [-0.3, -0.25) is 4.79 Å². The van der Waals surface area contributed by atoms with Gasteiger partial charge in [-0.15, -0.1) is 0 Å².